The Labute approximate surface area is 102 Å². The van der Waals surface area contributed by atoms with E-state index in [1.54, 1.807) is 6.20 Å². The van der Waals surface area contributed by atoms with Gasteiger partial charge in [0.05, 0.1) is 5.60 Å². The normalized spacial score (nSPS) is 14.2. The van der Waals surface area contributed by atoms with Crippen molar-refractivity contribution in [3.05, 3.63) is 66.0 Å². The molecule has 2 heteroatoms. The highest BCUT2D eigenvalue weighted by Gasteiger charge is 2.27. The van der Waals surface area contributed by atoms with Crippen LogP contribution in [0.25, 0.3) is 0 Å². The van der Waals surface area contributed by atoms with Gasteiger partial charge in [0, 0.05) is 18.3 Å². The molecular formula is C15H17NO. The highest BCUT2D eigenvalue weighted by atomic mass is 16.3. The fourth-order valence-corrected chi connectivity index (χ4v) is 1.98. The zero-order valence-corrected chi connectivity index (χ0v) is 10.0. The second-order valence-corrected chi connectivity index (χ2v) is 4.25. The first-order valence-corrected chi connectivity index (χ1v) is 5.92. The van der Waals surface area contributed by atoms with Crippen LogP contribution in [0.3, 0.4) is 0 Å². The molecule has 1 aromatic carbocycles. The number of hydrogen-bond acceptors (Lipinski definition) is 2. The van der Waals surface area contributed by atoms with E-state index in [4.69, 9.17) is 0 Å². The van der Waals surface area contributed by atoms with Gasteiger partial charge in [0.2, 0.25) is 0 Å². The second kappa shape index (κ2) is 5.11. The standard InChI is InChI=1S/C15H17NO/c1-2-15(17,13-8-4-3-5-9-13)12-14-10-6-7-11-16-14/h3-11,17H,2,12H2,1H3/t15-/m1/s1. The van der Waals surface area contributed by atoms with Crippen molar-refractivity contribution < 1.29 is 5.11 Å². The molecule has 88 valence electrons. The van der Waals surface area contributed by atoms with Crippen molar-refractivity contribution >= 4 is 0 Å². The van der Waals surface area contributed by atoms with E-state index in [0.29, 0.717) is 12.8 Å². The van der Waals surface area contributed by atoms with Crippen LogP contribution in [0.2, 0.25) is 0 Å². The Morgan fingerprint density at radius 3 is 2.35 bits per heavy atom. The van der Waals surface area contributed by atoms with Gasteiger partial charge in [-0.05, 0) is 24.1 Å². The van der Waals surface area contributed by atoms with Crippen LogP contribution in [0.1, 0.15) is 24.6 Å². The number of rotatable bonds is 4. The minimum absolute atomic E-state index is 0.550. The fraction of sp³-hybridized carbons (Fsp3) is 0.267. The third kappa shape index (κ3) is 2.71. The largest absolute Gasteiger partial charge is 0.385 e. The second-order valence-electron chi connectivity index (χ2n) is 4.25. The quantitative estimate of drug-likeness (QED) is 0.871. The summed E-state index contributed by atoms with van der Waals surface area (Å²) < 4.78 is 0. The van der Waals surface area contributed by atoms with Crippen LogP contribution in [-0.2, 0) is 12.0 Å². The molecule has 0 radical (unpaired) electrons. The Morgan fingerprint density at radius 1 is 1.06 bits per heavy atom. The molecule has 0 aliphatic heterocycles. The SMILES string of the molecule is CC[C@@](O)(Cc1ccccn1)c1ccccc1. The van der Waals surface area contributed by atoms with Gasteiger partial charge in [0.25, 0.3) is 0 Å². The molecule has 0 bridgehead atoms. The summed E-state index contributed by atoms with van der Waals surface area (Å²) in [4.78, 5) is 4.28. The van der Waals surface area contributed by atoms with E-state index in [0.717, 1.165) is 11.3 Å². The van der Waals surface area contributed by atoms with E-state index >= 15 is 0 Å². The fourth-order valence-electron chi connectivity index (χ4n) is 1.98. The molecule has 1 atom stereocenters. The van der Waals surface area contributed by atoms with Crippen molar-refractivity contribution in [1.29, 1.82) is 0 Å². The number of benzene rings is 1. The third-order valence-corrected chi connectivity index (χ3v) is 3.10. The summed E-state index contributed by atoms with van der Waals surface area (Å²) in [5.41, 5.74) is 1.05. The lowest BCUT2D eigenvalue weighted by Crippen LogP contribution is -2.28. The van der Waals surface area contributed by atoms with Crippen molar-refractivity contribution in [2.75, 3.05) is 0 Å². The summed E-state index contributed by atoms with van der Waals surface area (Å²) in [6.07, 6.45) is 2.98. The average Bonchev–Trinajstić information content (AvgIpc) is 2.41. The van der Waals surface area contributed by atoms with E-state index in [2.05, 4.69) is 4.98 Å². The molecule has 0 unspecified atom stereocenters. The summed E-state index contributed by atoms with van der Waals surface area (Å²) in [6, 6.07) is 15.6. The number of aromatic nitrogens is 1. The molecule has 0 aliphatic rings. The Balaban J connectivity index is 2.27. The van der Waals surface area contributed by atoms with Gasteiger partial charge >= 0.3 is 0 Å². The molecule has 17 heavy (non-hydrogen) atoms. The maximum atomic E-state index is 10.7. The molecule has 0 saturated heterocycles. The Morgan fingerprint density at radius 2 is 1.76 bits per heavy atom. The molecule has 0 amide bonds. The summed E-state index contributed by atoms with van der Waals surface area (Å²) in [7, 11) is 0. The van der Waals surface area contributed by atoms with E-state index in [-0.39, 0.29) is 0 Å². The third-order valence-electron chi connectivity index (χ3n) is 3.10. The van der Waals surface area contributed by atoms with Gasteiger partial charge < -0.3 is 5.11 Å². The summed E-state index contributed by atoms with van der Waals surface area (Å²) >= 11 is 0. The molecule has 0 saturated carbocycles. The molecule has 2 aromatic rings. The van der Waals surface area contributed by atoms with Crippen molar-refractivity contribution in [2.24, 2.45) is 0 Å². The summed E-state index contributed by atoms with van der Waals surface area (Å²) in [6.45, 7) is 2.00. The number of nitrogens with zero attached hydrogens (tertiary/aromatic N) is 1. The van der Waals surface area contributed by atoms with E-state index in [1.807, 2.05) is 55.5 Å². The molecular weight excluding hydrogens is 210 g/mol. The first-order chi connectivity index (χ1) is 8.24. The number of hydrogen-bond donors (Lipinski definition) is 1. The van der Waals surface area contributed by atoms with Gasteiger partial charge in [-0.1, -0.05) is 43.3 Å². The van der Waals surface area contributed by atoms with Gasteiger partial charge in [0.15, 0.2) is 0 Å². The van der Waals surface area contributed by atoms with Gasteiger partial charge in [-0.15, -0.1) is 0 Å². The molecule has 0 fully saturated rings. The van der Waals surface area contributed by atoms with E-state index in [9.17, 15) is 5.11 Å². The lowest BCUT2D eigenvalue weighted by atomic mass is 9.86. The van der Waals surface area contributed by atoms with Crippen molar-refractivity contribution in [2.45, 2.75) is 25.4 Å². The summed E-state index contributed by atoms with van der Waals surface area (Å²) in [5.74, 6) is 0. The van der Waals surface area contributed by atoms with Crippen molar-refractivity contribution in [3.8, 4) is 0 Å². The van der Waals surface area contributed by atoms with Crippen LogP contribution in [-0.4, -0.2) is 10.1 Å². The molecule has 2 nitrogen and oxygen atoms in total. The van der Waals surface area contributed by atoms with Crippen LogP contribution in [0.15, 0.2) is 54.7 Å². The highest BCUT2D eigenvalue weighted by Crippen LogP contribution is 2.28. The Kier molecular flexibility index (Phi) is 3.55. The van der Waals surface area contributed by atoms with Crippen molar-refractivity contribution in [3.63, 3.8) is 0 Å². The minimum Gasteiger partial charge on any atom is -0.385 e. The first-order valence-electron chi connectivity index (χ1n) is 5.92. The van der Waals surface area contributed by atoms with Crippen LogP contribution in [0.5, 0.6) is 0 Å². The minimum atomic E-state index is -0.824. The van der Waals surface area contributed by atoms with Gasteiger partial charge in [0.1, 0.15) is 0 Å². The van der Waals surface area contributed by atoms with E-state index < -0.39 is 5.60 Å². The Hall–Kier alpha value is -1.67. The predicted octanol–water partition coefficient (Wildman–Crippen LogP) is 2.92. The van der Waals surface area contributed by atoms with Gasteiger partial charge in [-0.3, -0.25) is 4.98 Å². The molecule has 1 heterocycles. The van der Waals surface area contributed by atoms with Crippen molar-refractivity contribution in [1.82, 2.24) is 4.98 Å². The average molecular weight is 227 g/mol. The van der Waals surface area contributed by atoms with Crippen LogP contribution < -0.4 is 0 Å². The zero-order chi connectivity index (χ0) is 12.1. The molecule has 0 aliphatic carbocycles. The molecule has 2 rings (SSSR count). The molecule has 1 N–H and O–H groups in total. The zero-order valence-electron chi connectivity index (χ0n) is 10.0. The van der Waals surface area contributed by atoms with Gasteiger partial charge in [-0.2, -0.15) is 0 Å². The maximum Gasteiger partial charge on any atom is 0.0949 e. The topological polar surface area (TPSA) is 33.1 Å². The van der Waals surface area contributed by atoms with Crippen LogP contribution >= 0.6 is 0 Å². The van der Waals surface area contributed by atoms with Gasteiger partial charge in [-0.25, -0.2) is 0 Å². The smallest absolute Gasteiger partial charge is 0.0949 e. The first kappa shape index (κ1) is 11.8. The highest BCUT2D eigenvalue weighted by molar-refractivity contribution is 5.24. The molecule has 1 aromatic heterocycles. The monoisotopic (exact) mass is 227 g/mol. The van der Waals surface area contributed by atoms with Crippen LogP contribution in [0.4, 0.5) is 0 Å². The van der Waals surface area contributed by atoms with Crippen LogP contribution in [0, 0.1) is 0 Å². The number of aliphatic hydroxyl groups is 1. The Bertz CT molecular complexity index is 455. The number of pyridine rings is 1. The maximum absolute atomic E-state index is 10.7. The molecule has 0 spiro atoms. The lowest BCUT2D eigenvalue weighted by Gasteiger charge is -2.27. The summed E-state index contributed by atoms with van der Waals surface area (Å²) in [5, 5.41) is 10.7. The van der Waals surface area contributed by atoms with E-state index in [1.165, 1.54) is 0 Å². The predicted molar refractivity (Wildman–Crippen MR) is 68.6 cm³/mol. The lowest BCUT2D eigenvalue weighted by molar-refractivity contribution is 0.0318.